The van der Waals surface area contributed by atoms with E-state index in [1.807, 2.05) is 31.2 Å². The summed E-state index contributed by atoms with van der Waals surface area (Å²) in [5, 5.41) is 14.7. The molecule has 11 heteroatoms. The number of aryl methyl sites for hydroxylation is 1. The molecule has 4 rings (SSSR count). The molecule has 3 aromatic rings. The molecule has 1 fully saturated rings. The highest BCUT2D eigenvalue weighted by Crippen LogP contribution is 2.40. The van der Waals surface area contributed by atoms with Gasteiger partial charge in [-0.3, -0.25) is 0 Å². The minimum absolute atomic E-state index is 0.199. The average Bonchev–Trinajstić information content (AvgIpc) is 2.88. The van der Waals surface area contributed by atoms with Gasteiger partial charge in [0.1, 0.15) is 5.82 Å². The lowest BCUT2D eigenvalue weighted by molar-refractivity contribution is 0.208. The lowest BCUT2D eigenvalue weighted by Crippen LogP contribution is -2.50. The number of carbonyl (C=O) groups excluding carboxylic acids is 1. The number of carbonyl (C=O) groups is 1. The Hall–Kier alpha value is -4.28. The quantitative estimate of drug-likeness (QED) is 0.527. The Morgan fingerprint density at radius 2 is 1.60 bits per heavy atom. The Balaban J connectivity index is 1.33. The van der Waals surface area contributed by atoms with E-state index in [0.29, 0.717) is 54.9 Å². The monoisotopic (exact) mass is 479 g/mol. The van der Waals surface area contributed by atoms with Gasteiger partial charge in [-0.1, -0.05) is 0 Å². The van der Waals surface area contributed by atoms with Crippen LogP contribution in [0.15, 0.2) is 42.6 Å². The van der Waals surface area contributed by atoms with Crippen LogP contribution in [0.2, 0.25) is 0 Å². The second-order valence-corrected chi connectivity index (χ2v) is 7.94. The number of piperazine rings is 1. The van der Waals surface area contributed by atoms with E-state index in [4.69, 9.17) is 14.2 Å². The van der Waals surface area contributed by atoms with Crippen molar-refractivity contribution in [2.24, 2.45) is 0 Å². The number of benzene rings is 1. The van der Waals surface area contributed by atoms with Crippen molar-refractivity contribution in [3.05, 3.63) is 48.2 Å². The first-order valence-corrected chi connectivity index (χ1v) is 11.1. The van der Waals surface area contributed by atoms with Crippen LogP contribution in [0.5, 0.6) is 17.2 Å². The Morgan fingerprint density at radius 1 is 0.886 bits per heavy atom. The lowest BCUT2D eigenvalue weighted by atomic mass is 10.2. The number of aromatic nitrogens is 3. The minimum Gasteiger partial charge on any atom is -0.493 e. The number of pyridine rings is 1. The summed E-state index contributed by atoms with van der Waals surface area (Å²) in [6.07, 6.45) is 1.75. The molecule has 3 heterocycles. The van der Waals surface area contributed by atoms with E-state index in [1.54, 1.807) is 23.2 Å². The lowest BCUT2D eigenvalue weighted by Gasteiger charge is -2.35. The van der Waals surface area contributed by atoms with E-state index in [0.717, 1.165) is 17.2 Å². The van der Waals surface area contributed by atoms with Crippen molar-refractivity contribution in [3.63, 3.8) is 0 Å². The van der Waals surface area contributed by atoms with Gasteiger partial charge in [-0.2, -0.15) is 0 Å². The van der Waals surface area contributed by atoms with Crippen LogP contribution in [0.3, 0.4) is 0 Å². The van der Waals surface area contributed by atoms with Crippen molar-refractivity contribution in [1.82, 2.24) is 20.1 Å². The molecule has 0 atom stereocenters. The Labute approximate surface area is 204 Å². The number of nitrogens with one attached hydrogen (secondary N) is 2. The van der Waals surface area contributed by atoms with E-state index >= 15 is 0 Å². The van der Waals surface area contributed by atoms with Gasteiger partial charge in [0.25, 0.3) is 0 Å². The fraction of sp³-hybridized carbons (Fsp3) is 0.333. The molecule has 2 amide bonds. The first kappa shape index (κ1) is 23.9. The largest absolute Gasteiger partial charge is 0.493 e. The first-order chi connectivity index (χ1) is 17.0. The van der Waals surface area contributed by atoms with E-state index < -0.39 is 0 Å². The second kappa shape index (κ2) is 10.8. The van der Waals surface area contributed by atoms with E-state index in [9.17, 15) is 4.79 Å². The molecular formula is C24H29N7O4. The van der Waals surface area contributed by atoms with Crippen LogP contribution in [0.1, 0.15) is 5.56 Å². The topological polar surface area (TPSA) is 114 Å². The predicted molar refractivity (Wildman–Crippen MR) is 133 cm³/mol. The maximum absolute atomic E-state index is 12.8. The summed E-state index contributed by atoms with van der Waals surface area (Å²) in [5.74, 6) is 3.52. The standard InChI is InChI=1S/C24H29N7O4/c1-16-7-8-25-21(13-16)27-20-5-6-22(29-28-20)30-9-11-31(12-10-30)24(32)26-17-14-18(33-2)23(35-4)19(15-17)34-3/h5-8,13-15H,9-12H2,1-4H3,(H,26,32)(H,25,27,28). The summed E-state index contributed by atoms with van der Waals surface area (Å²) < 4.78 is 16.1. The third-order valence-corrected chi connectivity index (χ3v) is 5.63. The van der Waals surface area contributed by atoms with Gasteiger partial charge < -0.3 is 34.6 Å². The van der Waals surface area contributed by atoms with Gasteiger partial charge in [0.2, 0.25) is 5.75 Å². The molecule has 0 bridgehead atoms. The molecule has 0 aliphatic carbocycles. The Bertz CT molecular complexity index is 1140. The van der Waals surface area contributed by atoms with Crippen molar-refractivity contribution in [1.29, 1.82) is 0 Å². The normalized spacial score (nSPS) is 13.3. The van der Waals surface area contributed by atoms with Crippen molar-refractivity contribution in [3.8, 4) is 17.2 Å². The van der Waals surface area contributed by atoms with Crippen LogP contribution in [-0.4, -0.2) is 73.6 Å². The predicted octanol–water partition coefficient (Wildman–Crippen LogP) is 3.30. The fourth-order valence-corrected chi connectivity index (χ4v) is 3.79. The van der Waals surface area contributed by atoms with Crippen molar-refractivity contribution >= 4 is 29.2 Å². The molecule has 0 unspecified atom stereocenters. The zero-order valence-corrected chi connectivity index (χ0v) is 20.2. The van der Waals surface area contributed by atoms with Gasteiger partial charge in [-0.25, -0.2) is 9.78 Å². The highest BCUT2D eigenvalue weighted by Gasteiger charge is 2.23. The molecule has 0 spiro atoms. The molecule has 2 aromatic heterocycles. The average molecular weight is 480 g/mol. The molecule has 184 valence electrons. The Kier molecular flexibility index (Phi) is 7.34. The van der Waals surface area contributed by atoms with Crippen LogP contribution in [0.25, 0.3) is 0 Å². The van der Waals surface area contributed by atoms with Crippen LogP contribution in [0, 0.1) is 6.92 Å². The van der Waals surface area contributed by atoms with Gasteiger partial charge in [0.15, 0.2) is 23.1 Å². The molecule has 35 heavy (non-hydrogen) atoms. The summed E-state index contributed by atoms with van der Waals surface area (Å²) in [7, 11) is 4.61. The van der Waals surface area contributed by atoms with Crippen LogP contribution >= 0.6 is 0 Å². The molecule has 2 N–H and O–H groups in total. The number of amides is 2. The second-order valence-electron chi connectivity index (χ2n) is 7.94. The van der Waals surface area contributed by atoms with Crippen molar-refractivity contribution in [2.75, 3.05) is 63.0 Å². The Morgan fingerprint density at radius 3 is 2.17 bits per heavy atom. The van der Waals surface area contributed by atoms with Crippen LogP contribution in [-0.2, 0) is 0 Å². The molecule has 1 aromatic carbocycles. The smallest absolute Gasteiger partial charge is 0.321 e. The number of urea groups is 1. The number of hydrogen-bond acceptors (Lipinski definition) is 9. The highest BCUT2D eigenvalue weighted by atomic mass is 16.5. The third-order valence-electron chi connectivity index (χ3n) is 5.63. The number of methoxy groups -OCH3 is 3. The zero-order chi connectivity index (χ0) is 24.8. The number of ether oxygens (including phenoxy) is 3. The third kappa shape index (κ3) is 5.62. The number of hydrogen-bond donors (Lipinski definition) is 2. The molecular weight excluding hydrogens is 450 g/mol. The summed E-state index contributed by atoms with van der Waals surface area (Å²) in [5.41, 5.74) is 1.67. The molecule has 1 aliphatic heterocycles. The summed E-state index contributed by atoms with van der Waals surface area (Å²) in [6, 6.07) is 10.9. The van der Waals surface area contributed by atoms with Gasteiger partial charge in [0, 0.05) is 44.5 Å². The first-order valence-electron chi connectivity index (χ1n) is 11.1. The minimum atomic E-state index is -0.199. The number of anilines is 4. The van der Waals surface area contributed by atoms with Crippen molar-refractivity contribution in [2.45, 2.75) is 6.92 Å². The fourth-order valence-electron chi connectivity index (χ4n) is 3.79. The summed E-state index contributed by atoms with van der Waals surface area (Å²) in [6.45, 7) is 4.38. The highest BCUT2D eigenvalue weighted by molar-refractivity contribution is 5.90. The molecule has 0 radical (unpaired) electrons. The molecule has 0 saturated carbocycles. The van der Waals surface area contributed by atoms with Crippen LogP contribution in [0.4, 0.5) is 27.9 Å². The number of rotatable bonds is 7. The van der Waals surface area contributed by atoms with Gasteiger partial charge in [-0.05, 0) is 36.8 Å². The van der Waals surface area contributed by atoms with E-state index in [2.05, 4.69) is 30.7 Å². The maximum Gasteiger partial charge on any atom is 0.321 e. The molecule has 1 saturated heterocycles. The summed E-state index contributed by atoms with van der Waals surface area (Å²) >= 11 is 0. The summed E-state index contributed by atoms with van der Waals surface area (Å²) in [4.78, 5) is 21.0. The van der Waals surface area contributed by atoms with Gasteiger partial charge >= 0.3 is 6.03 Å². The van der Waals surface area contributed by atoms with Gasteiger partial charge in [-0.15, -0.1) is 10.2 Å². The van der Waals surface area contributed by atoms with E-state index in [1.165, 1.54) is 21.3 Å². The zero-order valence-electron chi connectivity index (χ0n) is 20.2. The van der Waals surface area contributed by atoms with Gasteiger partial charge in [0.05, 0.1) is 27.0 Å². The van der Waals surface area contributed by atoms with E-state index in [-0.39, 0.29) is 6.03 Å². The van der Waals surface area contributed by atoms with Crippen LogP contribution < -0.4 is 29.7 Å². The molecule has 11 nitrogen and oxygen atoms in total. The van der Waals surface area contributed by atoms with Crippen molar-refractivity contribution < 1.29 is 19.0 Å². The molecule has 1 aliphatic rings. The number of nitrogens with zero attached hydrogens (tertiary/aromatic N) is 5. The maximum atomic E-state index is 12.8. The SMILES string of the molecule is COc1cc(NC(=O)N2CCN(c3ccc(Nc4cc(C)ccn4)nn3)CC2)cc(OC)c1OC.